The molecule has 1 aliphatic carbocycles. The number of anilines is 1. The first-order valence-corrected chi connectivity index (χ1v) is 7.43. The van der Waals surface area contributed by atoms with Crippen LogP contribution in [0.4, 0.5) is 14.5 Å². The van der Waals surface area contributed by atoms with E-state index in [2.05, 4.69) is 5.32 Å². The number of amides is 1. The number of carbonyl (C=O) groups excluding carboxylic acids is 1. The second kappa shape index (κ2) is 6.89. The molecular formula is C14H15F2NO3S. The van der Waals surface area contributed by atoms with Gasteiger partial charge >= 0.3 is 5.97 Å². The first-order chi connectivity index (χ1) is 9.97. The number of carbonyl (C=O) groups is 2. The molecule has 1 aliphatic rings. The summed E-state index contributed by atoms with van der Waals surface area (Å²) in [5, 5.41) is 11.6. The summed E-state index contributed by atoms with van der Waals surface area (Å²) in [5.74, 6) is -4.63. The van der Waals surface area contributed by atoms with Crippen LogP contribution in [0.15, 0.2) is 29.2 Å². The van der Waals surface area contributed by atoms with Crippen molar-refractivity contribution in [2.45, 2.75) is 29.9 Å². The van der Waals surface area contributed by atoms with E-state index in [1.54, 1.807) is 18.2 Å². The normalized spacial score (nSPS) is 21.5. The van der Waals surface area contributed by atoms with Gasteiger partial charge < -0.3 is 10.4 Å². The number of hydrogen-bond donors (Lipinski definition) is 2. The van der Waals surface area contributed by atoms with Crippen LogP contribution in [0.5, 0.6) is 0 Å². The molecule has 2 N–H and O–H groups in total. The number of alkyl halides is 2. The zero-order valence-corrected chi connectivity index (χ0v) is 11.9. The van der Waals surface area contributed by atoms with Crippen LogP contribution in [0.1, 0.15) is 19.3 Å². The van der Waals surface area contributed by atoms with E-state index in [1.807, 2.05) is 0 Å². The molecule has 4 nitrogen and oxygen atoms in total. The van der Waals surface area contributed by atoms with E-state index in [0.29, 0.717) is 41.6 Å². The van der Waals surface area contributed by atoms with Gasteiger partial charge in [0.15, 0.2) is 0 Å². The fourth-order valence-electron chi connectivity index (χ4n) is 2.45. The summed E-state index contributed by atoms with van der Waals surface area (Å²) in [6, 6.07) is 6.35. The van der Waals surface area contributed by atoms with Crippen molar-refractivity contribution in [1.82, 2.24) is 0 Å². The molecule has 7 heteroatoms. The maximum atomic E-state index is 12.5. The molecule has 1 amide bonds. The molecule has 114 valence electrons. The Labute approximate surface area is 124 Å². The maximum absolute atomic E-state index is 12.5. The van der Waals surface area contributed by atoms with Crippen LogP contribution in [0.25, 0.3) is 0 Å². The van der Waals surface area contributed by atoms with Crippen molar-refractivity contribution in [2.24, 2.45) is 11.8 Å². The van der Waals surface area contributed by atoms with Crippen molar-refractivity contribution >= 4 is 29.3 Å². The first kappa shape index (κ1) is 15.8. The lowest BCUT2D eigenvalue weighted by Gasteiger charge is -2.13. The molecular weight excluding hydrogens is 300 g/mol. The molecule has 1 aromatic carbocycles. The van der Waals surface area contributed by atoms with Crippen molar-refractivity contribution in [3.63, 3.8) is 0 Å². The quantitative estimate of drug-likeness (QED) is 0.817. The van der Waals surface area contributed by atoms with Gasteiger partial charge in [-0.15, -0.1) is 0 Å². The topological polar surface area (TPSA) is 66.4 Å². The number of benzene rings is 1. The molecule has 0 saturated heterocycles. The number of hydrogen-bond acceptors (Lipinski definition) is 3. The summed E-state index contributed by atoms with van der Waals surface area (Å²) in [7, 11) is 0. The molecule has 0 heterocycles. The molecule has 0 bridgehead atoms. The Balaban J connectivity index is 2.02. The smallest absolute Gasteiger partial charge is 0.306 e. The second-order valence-corrected chi connectivity index (χ2v) is 5.94. The zero-order chi connectivity index (χ0) is 15.4. The highest BCUT2D eigenvalue weighted by Crippen LogP contribution is 2.34. The van der Waals surface area contributed by atoms with Crippen LogP contribution in [-0.4, -0.2) is 22.7 Å². The third-order valence-electron chi connectivity index (χ3n) is 3.51. The number of rotatable bonds is 5. The van der Waals surface area contributed by atoms with E-state index in [-0.39, 0.29) is 11.8 Å². The number of nitrogens with one attached hydrogen (secondary N) is 1. The van der Waals surface area contributed by atoms with E-state index in [9.17, 15) is 18.4 Å². The number of para-hydroxylation sites is 1. The minimum absolute atomic E-state index is 0.297. The van der Waals surface area contributed by atoms with Crippen molar-refractivity contribution in [3.05, 3.63) is 24.3 Å². The monoisotopic (exact) mass is 315 g/mol. The standard InChI is InChI=1S/C14H15F2NO3S/c15-14(16)21-11-4-2-1-3-10(11)17-12(18)8-5-6-9(7-8)13(19)20/h1-4,8-9,14H,5-7H2,(H,17,18)(H,19,20)/t8-,9+/m1/s1. The van der Waals surface area contributed by atoms with Crippen LogP contribution in [0.3, 0.4) is 0 Å². The number of thioether (sulfide) groups is 1. The molecule has 0 aliphatic heterocycles. The number of carboxylic acids is 1. The van der Waals surface area contributed by atoms with E-state index in [0.717, 1.165) is 0 Å². The van der Waals surface area contributed by atoms with Crippen LogP contribution < -0.4 is 5.32 Å². The van der Waals surface area contributed by atoms with Gasteiger partial charge in [0.2, 0.25) is 5.91 Å². The summed E-state index contributed by atoms with van der Waals surface area (Å²) in [6.45, 7) is 0. The molecule has 2 atom stereocenters. The average Bonchev–Trinajstić information content (AvgIpc) is 2.90. The Bertz CT molecular complexity index is 539. The Hall–Kier alpha value is -1.63. The van der Waals surface area contributed by atoms with Crippen molar-refractivity contribution in [1.29, 1.82) is 0 Å². The van der Waals surface area contributed by atoms with E-state index in [4.69, 9.17) is 5.11 Å². The van der Waals surface area contributed by atoms with Crippen LogP contribution in [-0.2, 0) is 9.59 Å². The van der Waals surface area contributed by atoms with E-state index in [1.165, 1.54) is 6.07 Å². The Morgan fingerprint density at radius 3 is 2.52 bits per heavy atom. The molecule has 21 heavy (non-hydrogen) atoms. The molecule has 0 unspecified atom stereocenters. The van der Waals surface area contributed by atoms with Crippen LogP contribution in [0, 0.1) is 11.8 Å². The highest BCUT2D eigenvalue weighted by atomic mass is 32.2. The highest BCUT2D eigenvalue weighted by molar-refractivity contribution is 7.99. The van der Waals surface area contributed by atoms with Crippen LogP contribution >= 0.6 is 11.8 Å². The van der Waals surface area contributed by atoms with Gasteiger partial charge in [0.25, 0.3) is 5.76 Å². The minimum Gasteiger partial charge on any atom is -0.481 e. The zero-order valence-electron chi connectivity index (χ0n) is 11.1. The van der Waals surface area contributed by atoms with Gasteiger partial charge in [0, 0.05) is 10.8 Å². The van der Waals surface area contributed by atoms with Gasteiger partial charge in [-0.3, -0.25) is 9.59 Å². The molecule has 0 aromatic heterocycles. The lowest BCUT2D eigenvalue weighted by atomic mass is 10.0. The molecule has 1 fully saturated rings. The van der Waals surface area contributed by atoms with Gasteiger partial charge in [0.05, 0.1) is 11.6 Å². The van der Waals surface area contributed by atoms with Gasteiger partial charge in [-0.1, -0.05) is 23.9 Å². The fourth-order valence-corrected chi connectivity index (χ4v) is 3.04. The minimum atomic E-state index is -2.56. The fraction of sp³-hybridized carbons (Fsp3) is 0.429. The van der Waals surface area contributed by atoms with Crippen LogP contribution in [0.2, 0.25) is 0 Å². The SMILES string of the molecule is O=C(O)[C@H]1CC[C@@H](C(=O)Nc2ccccc2SC(F)F)C1. The van der Waals surface area contributed by atoms with Gasteiger partial charge in [-0.25, -0.2) is 0 Å². The predicted molar refractivity (Wildman–Crippen MR) is 75.4 cm³/mol. The molecule has 0 spiro atoms. The van der Waals surface area contributed by atoms with Gasteiger partial charge in [0.1, 0.15) is 0 Å². The van der Waals surface area contributed by atoms with Gasteiger partial charge in [-0.2, -0.15) is 8.78 Å². The maximum Gasteiger partial charge on any atom is 0.306 e. The third kappa shape index (κ3) is 4.17. The van der Waals surface area contributed by atoms with Crippen molar-refractivity contribution < 1.29 is 23.5 Å². The molecule has 1 aromatic rings. The molecule has 1 saturated carbocycles. The summed E-state index contributed by atoms with van der Waals surface area (Å²) in [4.78, 5) is 23.3. The van der Waals surface area contributed by atoms with Crippen molar-refractivity contribution in [3.8, 4) is 0 Å². The molecule has 2 rings (SSSR count). The van der Waals surface area contributed by atoms with Gasteiger partial charge in [-0.05, 0) is 31.4 Å². The lowest BCUT2D eigenvalue weighted by molar-refractivity contribution is -0.141. The van der Waals surface area contributed by atoms with Crippen molar-refractivity contribution in [2.75, 3.05) is 5.32 Å². The predicted octanol–water partition coefficient (Wildman–Crippen LogP) is 3.44. The first-order valence-electron chi connectivity index (χ1n) is 6.55. The van der Waals surface area contributed by atoms with E-state index < -0.39 is 17.6 Å². The summed E-state index contributed by atoms with van der Waals surface area (Å²) < 4.78 is 24.9. The number of carboxylic acid groups (broad SMARTS) is 1. The largest absolute Gasteiger partial charge is 0.481 e. The summed E-state index contributed by atoms with van der Waals surface area (Å²) in [5.41, 5.74) is 0.339. The van der Waals surface area contributed by atoms with E-state index >= 15 is 0 Å². The third-order valence-corrected chi connectivity index (χ3v) is 4.30. The number of aliphatic carboxylic acids is 1. The Morgan fingerprint density at radius 2 is 1.90 bits per heavy atom. The average molecular weight is 315 g/mol. The Kier molecular flexibility index (Phi) is 5.17. The summed E-state index contributed by atoms with van der Waals surface area (Å²) in [6.07, 6.45) is 1.28. The highest BCUT2D eigenvalue weighted by Gasteiger charge is 2.34. The lowest BCUT2D eigenvalue weighted by Crippen LogP contribution is -2.22. The number of halogens is 2. The second-order valence-electron chi connectivity index (χ2n) is 4.91. The Morgan fingerprint density at radius 1 is 1.24 bits per heavy atom. The summed E-state index contributed by atoms with van der Waals surface area (Å²) >= 11 is 0.373. The molecule has 0 radical (unpaired) electrons.